The Labute approximate surface area is 155 Å². The average Bonchev–Trinajstić information content (AvgIpc) is 3.00. The molecule has 1 aliphatic carbocycles. The van der Waals surface area contributed by atoms with Gasteiger partial charge in [0.2, 0.25) is 10.0 Å². The molecule has 0 bridgehead atoms. The fourth-order valence-corrected chi connectivity index (χ4v) is 6.67. The molecule has 1 saturated heterocycles. The van der Waals surface area contributed by atoms with E-state index in [2.05, 4.69) is 12.2 Å². The number of nitrogens with zero attached hydrogens (tertiary/aromatic N) is 1. The van der Waals surface area contributed by atoms with Gasteiger partial charge in [0.15, 0.2) is 11.5 Å². The van der Waals surface area contributed by atoms with Gasteiger partial charge in [-0.05, 0) is 37.9 Å². The smallest absolute Gasteiger partial charge is 0.243 e. The van der Waals surface area contributed by atoms with Crippen LogP contribution in [0.15, 0.2) is 23.1 Å². The van der Waals surface area contributed by atoms with E-state index in [1.165, 1.54) is 6.42 Å². The number of sulfonamides is 1. The van der Waals surface area contributed by atoms with E-state index in [1.54, 1.807) is 22.5 Å². The Bertz CT molecular complexity index is 759. The van der Waals surface area contributed by atoms with Crippen molar-refractivity contribution in [3.8, 4) is 11.5 Å². The number of likely N-dealkylation sites (N-methyl/N-ethyl adjacent to an activating group) is 1. The molecular formula is C19H28N2O4S. The van der Waals surface area contributed by atoms with E-state index >= 15 is 0 Å². The Hall–Kier alpha value is -1.31. The maximum absolute atomic E-state index is 13.5. The van der Waals surface area contributed by atoms with Crippen molar-refractivity contribution in [1.29, 1.82) is 0 Å². The van der Waals surface area contributed by atoms with Crippen molar-refractivity contribution >= 4 is 10.0 Å². The predicted molar refractivity (Wildman–Crippen MR) is 99.2 cm³/mol. The first-order valence-corrected chi connectivity index (χ1v) is 11.2. The van der Waals surface area contributed by atoms with Gasteiger partial charge in [-0.1, -0.05) is 26.2 Å². The number of hydrogen-bond acceptors (Lipinski definition) is 5. The van der Waals surface area contributed by atoms with Crippen LogP contribution in [-0.4, -0.2) is 50.6 Å². The molecule has 1 aromatic carbocycles. The van der Waals surface area contributed by atoms with E-state index < -0.39 is 10.0 Å². The lowest BCUT2D eigenvalue weighted by Gasteiger charge is -2.40. The van der Waals surface area contributed by atoms with Crippen LogP contribution >= 0.6 is 0 Å². The number of nitrogens with one attached hydrogen (secondary N) is 1. The molecule has 6 nitrogen and oxygen atoms in total. The summed E-state index contributed by atoms with van der Waals surface area (Å²) in [6.07, 6.45) is 6.23. The summed E-state index contributed by atoms with van der Waals surface area (Å²) in [6.45, 7) is 4.43. The van der Waals surface area contributed by atoms with Crippen LogP contribution < -0.4 is 14.8 Å². The van der Waals surface area contributed by atoms with Gasteiger partial charge in [-0.25, -0.2) is 8.42 Å². The topological polar surface area (TPSA) is 67.9 Å². The van der Waals surface area contributed by atoms with E-state index in [0.717, 1.165) is 38.6 Å². The number of fused-ring (bicyclic) bond motifs is 1. The molecule has 1 spiro atoms. The molecule has 2 aliphatic heterocycles. The molecule has 1 atom stereocenters. The monoisotopic (exact) mass is 380 g/mol. The first-order chi connectivity index (χ1) is 12.5. The first-order valence-electron chi connectivity index (χ1n) is 9.71. The fourth-order valence-electron chi connectivity index (χ4n) is 4.77. The zero-order valence-corrected chi connectivity index (χ0v) is 16.2. The second-order valence-electron chi connectivity index (χ2n) is 7.59. The van der Waals surface area contributed by atoms with E-state index in [-0.39, 0.29) is 11.6 Å². The lowest BCUT2D eigenvalue weighted by atomic mass is 9.80. The van der Waals surface area contributed by atoms with Gasteiger partial charge < -0.3 is 14.8 Å². The molecular weight excluding hydrogens is 352 g/mol. The van der Waals surface area contributed by atoms with Gasteiger partial charge in [0.25, 0.3) is 0 Å². The summed E-state index contributed by atoms with van der Waals surface area (Å²) in [5.41, 5.74) is -0.239. The summed E-state index contributed by atoms with van der Waals surface area (Å²) in [7, 11) is -3.57. The summed E-state index contributed by atoms with van der Waals surface area (Å²) in [5.74, 6) is 1.15. The Morgan fingerprint density at radius 1 is 1.15 bits per heavy atom. The molecule has 7 heteroatoms. The Kier molecular flexibility index (Phi) is 4.88. The van der Waals surface area contributed by atoms with Crippen LogP contribution in [-0.2, 0) is 10.0 Å². The summed E-state index contributed by atoms with van der Waals surface area (Å²) < 4.78 is 40.0. The summed E-state index contributed by atoms with van der Waals surface area (Å²) in [4.78, 5) is 0.309. The molecule has 26 heavy (non-hydrogen) atoms. The van der Waals surface area contributed by atoms with Crippen LogP contribution in [0.25, 0.3) is 0 Å². The molecule has 2 fully saturated rings. The molecule has 4 rings (SSSR count). The molecule has 0 unspecified atom stereocenters. The third kappa shape index (κ3) is 3.10. The predicted octanol–water partition coefficient (Wildman–Crippen LogP) is 2.53. The van der Waals surface area contributed by atoms with Gasteiger partial charge in [0.1, 0.15) is 13.2 Å². The highest BCUT2D eigenvalue weighted by Crippen LogP contribution is 2.45. The second-order valence-corrected chi connectivity index (χ2v) is 9.45. The van der Waals surface area contributed by atoms with Crippen molar-refractivity contribution in [3.63, 3.8) is 0 Å². The molecule has 1 N–H and O–H groups in total. The Morgan fingerprint density at radius 2 is 1.88 bits per heavy atom. The molecule has 144 valence electrons. The second kappa shape index (κ2) is 7.02. The van der Waals surface area contributed by atoms with Crippen LogP contribution in [0, 0.1) is 0 Å². The van der Waals surface area contributed by atoms with Gasteiger partial charge >= 0.3 is 0 Å². The van der Waals surface area contributed by atoms with Gasteiger partial charge in [-0.15, -0.1) is 0 Å². The minimum absolute atomic E-state index is 0.227. The largest absolute Gasteiger partial charge is 0.486 e. The number of benzene rings is 1. The van der Waals surface area contributed by atoms with Crippen molar-refractivity contribution in [3.05, 3.63) is 18.2 Å². The molecule has 0 radical (unpaired) electrons. The highest BCUT2D eigenvalue weighted by Gasteiger charge is 2.51. The highest BCUT2D eigenvalue weighted by atomic mass is 32.2. The number of hydrogen-bond donors (Lipinski definition) is 1. The molecule has 1 aromatic rings. The Balaban J connectivity index is 1.68. The molecule has 1 saturated carbocycles. The third-order valence-electron chi connectivity index (χ3n) is 5.92. The average molecular weight is 381 g/mol. The number of rotatable bonds is 4. The maximum Gasteiger partial charge on any atom is 0.243 e. The minimum Gasteiger partial charge on any atom is -0.486 e. The number of ether oxygens (including phenoxy) is 2. The summed E-state index contributed by atoms with van der Waals surface area (Å²) in [6, 6.07) is 5.22. The zero-order valence-electron chi connectivity index (χ0n) is 15.4. The van der Waals surface area contributed by atoms with Gasteiger partial charge in [0.05, 0.1) is 4.90 Å². The first kappa shape index (κ1) is 18.1. The highest BCUT2D eigenvalue weighted by molar-refractivity contribution is 7.89. The minimum atomic E-state index is -3.57. The van der Waals surface area contributed by atoms with Gasteiger partial charge in [-0.3, -0.25) is 0 Å². The molecule has 0 amide bonds. The molecule has 0 aromatic heterocycles. The van der Waals surface area contributed by atoms with Gasteiger partial charge in [0, 0.05) is 24.2 Å². The van der Waals surface area contributed by atoms with Crippen LogP contribution in [0.3, 0.4) is 0 Å². The molecule has 2 heterocycles. The van der Waals surface area contributed by atoms with Crippen molar-refractivity contribution in [1.82, 2.24) is 9.62 Å². The summed E-state index contributed by atoms with van der Waals surface area (Å²) in [5, 5.41) is 3.47. The normalized spacial score (nSPS) is 25.5. The lowest BCUT2D eigenvalue weighted by Crippen LogP contribution is -2.48. The zero-order chi connectivity index (χ0) is 18.2. The van der Waals surface area contributed by atoms with Crippen LogP contribution in [0.1, 0.15) is 45.4 Å². The van der Waals surface area contributed by atoms with Crippen LogP contribution in [0.5, 0.6) is 11.5 Å². The summed E-state index contributed by atoms with van der Waals surface area (Å²) >= 11 is 0. The quantitative estimate of drug-likeness (QED) is 0.869. The maximum atomic E-state index is 13.5. The van der Waals surface area contributed by atoms with E-state index in [1.807, 2.05) is 0 Å². The standard InChI is InChI=1S/C19H28N2O4S/c1-2-20-15-13-19(8-4-3-5-9-19)21(14-15)26(22,23)16-6-7-17-18(12-16)25-11-10-24-17/h6-7,12,15,20H,2-5,8-11,13-14H2,1H3/t15-/m1/s1. The Morgan fingerprint density at radius 3 is 2.62 bits per heavy atom. The van der Waals surface area contributed by atoms with Crippen molar-refractivity contribution in [2.75, 3.05) is 26.3 Å². The molecule has 3 aliphatic rings. The SMILES string of the molecule is CCN[C@H]1CN(S(=O)(=O)c2ccc3c(c2)OCCO3)C2(CCCCC2)C1. The van der Waals surface area contributed by atoms with E-state index in [4.69, 9.17) is 9.47 Å². The lowest BCUT2D eigenvalue weighted by molar-refractivity contribution is 0.168. The van der Waals surface area contributed by atoms with Crippen LogP contribution in [0.2, 0.25) is 0 Å². The van der Waals surface area contributed by atoms with Gasteiger partial charge in [-0.2, -0.15) is 4.31 Å². The van der Waals surface area contributed by atoms with Crippen molar-refractivity contribution < 1.29 is 17.9 Å². The third-order valence-corrected chi connectivity index (χ3v) is 7.89. The van der Waals surface area contributed by atoms with E-state index in [0.29, 0.717) is 36.2 Å². The van der Waals surface area contributed by atoms with E-state index in [9.17, 15) is 8.42 Å². The van der Waals surface area contributed by atoms with Crippen LogP contribution in [0.4, 0.5) is 0 Å². The van der Waals surface area contributed by atoms with Crippen molar-refractivity contribution in [2.45, 2.75) is 61.9 Å². The van der Waals surface area contributed by atoms with Crippen molar-refractivity contribution in [2.24, 2.45) is 0 Å². The fraction of sp³-hybridized carbons (Fsp3) is 0.684.